The van der Waals surface area contributed by atoms with Crippen molar-refractivity contribution in [3.8, 4) is 0 Å². The Labute approximate surface area is 154 Å². The summed E-state index contributed by atoms with van der Waals surface area (Å²) in [5.41, 5.74) is -0.499. The normalized spacial score (nSPS) is 26.4. The standard InChI is InChI=1S/C18H25N3O4S/c1-19-17(22)16-10-25-18(11-20(16)9-14-7-8-14)12-21(13-18)26(23,24)15-5-3-2-4-6-15/h2-6,14,16H,7-13H2,1H3,(H,19,22)/t16-/m1/s1. The van der Waals surface area contributed by atoms with Gasteiger partial charge in [-0.15, -0.1) is 0 Å². The van der Waals surface area contributed by atoms with Gasteiger partial charge in [-0.25, -0.2) is 8.42 Å². The highest BCUT2D eigenvalue weighted by Gasteiger charge is 2.54. The Kier molecular flexibility index (Phi) is 4.54. The minimum absolute atomic E-state index is 0.0337. The molecule has 142 valence electrons. The molecule has 26 heavy (non-hydrogen) atoms. The number of ether oxygens (including phenoxy) is 1. The van der Waals surface area contributed by atoms with Crippen LogP contribution in [-0.4, -0.2) is 75.0 Å². The minimum atomic E-state index is -3.48. The van der Waals surface area contributed by atoms with Gasteiger partial charge < -0.3 is 10.1 Å². The van der Waals surface area contributed by atoms with Gasteiger partial charge in [0.2, 0.25) is 15.9 Å². The van der Waals surface area contributed by atoms with Gasteiger partial charge >= 0.3 is 0 Å². The molecule has 1 atom stereocenters. The highest BCUT2D eigenvalue weighted by atomic mass is 32.2. The van der Waals surface area contributed by atoms with Crippen molar-refractivity contribution in [1.82, 2.24) is 14.5 Å². The van der Waals surface area contributed by atoms with E-state index in [-0.39, 0.29) is 11.9 Å². The number of sulfonamides is 1. The van der Waals surface area contributed by atoms with E-state index in [2.05, 4.69) is 10.2 Å². The molecule has 3 fully saturated rings. The predicted octanol–water partition coefficient (Wildman–Crippen LogP) is 0.287. The second-order valence-corrected chi connectivity index (χ2v) is 9.52. The van der Waals surface area contributed by atoms with Crippen LogP contribution in [0.25, 0.3) is 0 Å². The molecule has 0 bridgehead atoms. The van der Waals surface area contributed by atoms with Gasteiger partial charge in [0.05, 0.1) is 11.5 Å². The fourth-order valence-electron chi connectivity index (χ4n) is 3.82. The third kappa shape index (κ3) is 3.26. The van der Waals surface area contributed by atoms with Gasteiger partial charge in [0.25, 0.3) is 0 Å². The zero-order valence-corrected chi connectivity index (χ0v) is 15.7. The fraction of sp³-hybridized carbons (Fsp3) is 0.611. The number of morpholine rings is 1. The first-order chi connectivity index (χ1) is 12.4. The molecule has 1 amide bonds. The monoisotopic (exact) mass is 379 g/mol. The van der Waals surface area contributed by atoms with Crippen LogP contribution < -0.4 is 5.32 Å². The highest BCUT2D eigenvalue weighted by molar-refractivity contribution is 7.89. The molecule has 0 radical (unpaired) electrons. The molecule has 4 rings (SSSR count). The molecule has 1 aromatic rings. The van der Waals surface area contributed by atoms with Crippen LogP contribution in [0, 0.1) is 5.92 Å². The summed E-state index contributed by atoms with van der Waals surface area (Å²) in [7, 11) is -1.85. The summed E-state index contributed by atoms with van der Waals surface area (Å²) in [6.45, 7) is 2.47. The van der Waals surface area contributed by atoms with Gasteiger partial charge in [0.1, 0.15) is 11.6 Å². The fourth-order valence-corrected chi connectivity index (χ4v) is 5.43. The molecule has 8 heteroatoms. The third-order valence-electron chi connectivity index (χ3n) is 5.53. The summed E-state index contributed by atoms with van der Waals surface area (Å²) in [6.07, 6.45) is 2.42. The van der Waals surface area contributed by atoms with Crippen LogP contribution in [0.15, 0.2) is 35.2 Å². The SMILES string of the molecule is CNC(=O)[C@H]1COC2(CN1CC1CC1)CN(S(=O)(=O)c1ccccc1)C2. The Hall–Kier alpha value is -1.48. The van der Waals surface area contributed by atoms with Gasteiger partial charge in [-0.1, -0.05) is 18.2 Å². The van der Waals surface area contributed by atoms with Crippen molar-refractivity contribution in [3.63, 3.8) is 0 Å². The maximum atomic E-state index is 12.7. The van der Waals surface area contributed by atoms with Crippen molar-refractivity contribution in [3.05, 3.63) is 30.3 Å². The molecule has 7 nitrogen and oxygen atoms in total. The molecular weight excluding hydrogens is 354 g/mol. The molecule has 1 aliphatic carbocycles. The van der Waals surface area contributed by atoms with Crippen LogP contribution in [-0.2, 0) is 19.6 Å². The Morgan fingerprint density at radius 2 is 1.92 bits per heavy atom. The van der Waals surface area contributed by atoms with Crippen molar-refractivity contribution in [2.45, 2.75) is 29.4 Å². The lowest BCUT2D eigenvalue weighted by atomic mass is 9.92. The van der Waals surface area contributed by atoms with E-state index in [4.69, 9.17) is 4.74 Å². The van der Waals surface area contributed by atoms with Crippen LogP contribution in [0.5, 0.6) is 0 Å². The first-order valence-corrected chi connectivity index (χ1v) is 10.5. The summed E-state index contributed by atoms with van der Waals surface area (Å²) in [5.74, 6) is 0.620. The largest absolute Gasteiger partial charge is 0.369 e. The molecular formula is C18H25N3O4S. The van der Waals surface area contributed by atoms with Crippen LogP contribution in [0.1, 0.15) is 12.8 Å². The molecule has 3 aliphatic rings. The lowest BCUT2D eigenvalue weighted by molar-refractivity contribution is -0.185. The summed E-state index contributed by atoms with van der Waals surface area (Å²) in [6, 6.07) is 8.20. The first-order valence-electron chi connectivity index (χ1n) is 9.08. The lowest BCUT2D eigenvalue weighted by Crippen LogP contribution is -2.73. The Morgan fingerprint density at radius 3 is 2.54 bits per heavy atom. The second kappa shape index (κ2) is 6.60. The number of rotatable bonds is 5. The maximum absolute atomic E-state index is 12.7. The molecule has 2 heterocycles. The summed E-state index contributed by atoms with van der Waals surface area (Å²) >= 11 is 0. The summed E-state index contributed by atoms with van der Waals surface area (Å²) < 4.78 is 32.9. The topological polar surface area (TPSA) is 79.0 Å². The number of hydrogen-bond acceptors (Lipinski definition) is 5. The van der Waals surface area contributed by atoms with E-state index < -0.39 is 15.6 Å². The van der Waals surface area contributed by atoms with Gasteiger partial charge in [0.15, 0.2) is 0 Å². The van der Waals surface area contributed by atoms with Crippen LogP contribution in [0.3, 0.4) is 0 Å². The third-order valence-corrected chi connectivity index (χ3v) is 7.33. The molecule has 1 aromatic carbocycles. The first kappa shape index (κ1) is 17.9. The second-order valence-electron chi connectivity index (χ2n) is 7.58. The number of hydrogen-bond donors (Lipinski definition) is 1. The Bertz CT molecular complexity index is 773. The summed E-state index contributed by atoms with van der Waals surface area (Å²) in [5, 5.41) is 2.71. The van der Waals surface area contributed by atoms with E-state index in [9.17, 15) is 13.2 Å². The van der Waals surface area contributed by atoms with E-state index >= 15 is 0 Å². The zero-order valence-electron chi connectivity index (χ0n) is 14.9. The van der Waals surface area contributed by atoms with Crippen molar-refractivity contribution < 1.29 is 17.9 Å². The molecule has 2 aliphatic heterocycles. The van der Waals surface area contributed by atoms with Crippen LogP contribution >= 0.6 is 0 Å². The molecule has 0 unspecified atom stereocenters. The number of benzene rings is 1. The molecule has 1 saturated carbocycles. The van der Waals surface area contributed by atoms with Crippen molar-refractivity contribution >= 4 is 15.9 Å². The summed E-state index contributed by atoms with van der Waals surface area (Å²) in [4.78, 5) is 14.7. The van der Waals surface area contributed by atoms with Gasteiger partial charge in [-0.2, -0.15) is 4.31 Å². The van der Waals surface area contributed by atoms with Gasteiger partial charge in [0, 0.05) is 33.2 Å². The number of nitrogens with one attached hydrogen (secondary N) is 1. The van der Waals surface area contributed by atoms with E-state index in [1.165, 1.54) is 17.1 Å². The number of carbonyl (C=O) groups excluding carboxylic acids is 1. The Balaban J connectivity index is 1.45. The molecule has 1 N–H and O–H groups in total. The average molecular weight is 379 g/mol. The zero-order chi connectivity index (χ0) is 18.4. The van der Waals surface area contributed by atoms with Crippen LogP contribution in [0.2, 0.25) is 0 Å². The number of amides is 1. The van der Waals surface area contributed by atoms with Crippen molar-refractivity contribution in [2.75, 3.05) is 39.8 Å². The van der Waals surface area contributed by atoms with Crippen molar-refractivity contribution in [2.24, 2.45) is 5.92 Å². The number of carbonyl (C=O) groups is 1. The van der Waals surface area contributed by atoms with Gasteiger partial charge in [-0.3, -0.25) is 9.69 Å². The minimum Gasteiger partial charge on any atom is -0.369 e. The number of nitrogens with zero attached hydrogens (tertiary/aromatic N) is 2. The maximum Gasteiger partial charge on any atom is 0.243 e. The van der Waals surface area contributed by atoms with Gasteiger partial charge in [-0.05, 0) is 30.9 Å². The molecule has 1 spiro atoms. The Morgan fingerprint density at radius 1 is 1.23 bits per heavy atom. The van der Waals surface area contributed by atoms with Crippen LogP contribution in [0.4, 0.5) is 0 Å². The van der Waals surface area contributed by atoms with E-state index in [0.29, 0.717) is 37.1 Å². The predicted molar refractivity (Wildman–Crippen MR) is 96.0 cm³/mol. The molecule has 2 saturated heterocycles. The van der Waals surface area contributed by atoms with E-state index in [0.717, 1.165) is 6.54 Å². The number of likely N-dealkylation sites (N-methyl/N-ethyl adjacent to an activating group) is 1. The van der Waals surface area contributed by atoms with E-state index in [1.54, 1.807) is 37.4 Å². The highest BCUT2D eigenvalue weighted by Crippen LogP contribution is 2.37. The quantitative estimate of drug-likeness (QED) is 0.795. The van der Waals surface area contributed by atoms with Crippen molar-refractivity contribution in [1.29, 1.82) is 0 Å². The van der Waals surface area contributed by atoms with E-state index in [1.807, 2.05) is 0 Å². The molecule has 0 aromatic heterocycles. The lowest BCUT2D eigenvalue weighted by Gasteiger charge is -2.54. The average Bonchev–Trinajstić information content (AvgIpc) is 3.43. The smallest absolute Gasteiger partial charge is 0.243 e.